The third-order valence-corrected chi connectivity index (χ3v) is 4.30. The van der Waals surface area contributed by atoms with E-state index in [1.807, 2.05) is 0 Å². The molecule has 2 aromatic carbocycles. The number of fused-ring (bicyclic) bond motifs is 3. The van der Waals surface area contributed by atoms with E-state index in [9.17, 15) is 0 Å². The van der Waals surface area contributed by atoms with Crippen molar-refractivity contribution >= 4 is 0 Å². The normalized spacial score (nSPS) is 15.8. The Morgan fingerprint density at radius 1 is 1.00 bits per heavy atom. The van der Waals surface area contributed by atoms with Crippen LogP contribution in [-0.4, -0.2) is 9.78 Å². The van der Waals surface area contributed by atoms with Gasteiger partial charge in [0.1, 0.15) is 0 Å². The molecule has 0 radical (unpaired) electrons. The Hall–Kier alpha value is -2.35. The molecule has 0 saturated carbocycles. The SMILES string of the molecule is Cc1ccc(CC2c3ccccc3-c3cc(C)nn32)cc1. The van der Waals surface area contributed by atoms with Crippen LogP contribution in [0, 0.1) is 13.8 Å². The summed E-state index contributed by atoms with van der Waals surface area (Å²) in [4.78, 5) is 0. The summed E-state index contributed by atoms with van der Waals surface area (Å²) in [6.45, 7) is 4.19. The number of aryl methyl sites for hydroxylation is 2. The lowest BCUT2D eigenvalue weighted by Gasteiger charge is -2.14. The summed E-state index contributed by atoms with van der Waals surface area (Å²) in [6.07, 6.45) is 0.991. The van der Waals surface area contributed by atoms with E-state index in [1.54, 1.807) is 0 Å². The summed E-state index contributed by atoms with van der Waals surface area (Å²) in [7, 11) is 0. The van der Waals surface area contributed by atoms with Crippen molar-refractivity contribution in [3.63, 3.8) is 0 Å². The standard InChI is InChI=1S/C19H18N2/c1-13-7-9-15(10-8-13)12-19-17-6-4-3-5-16(17)18-11-14(2)20-21(18)19/h3-11,19H,12H2,1-2H3. The van der Waals surface area contributed by atoms with Crippen LogP contribution in [0.4, 0.5) is 0 Å². The molecule has 2 heteroatoms. The predicted octanol–water partition coefficient (Wildman–Crippen LogP) is 4.31. The van der Waals surface area contributed by atoms with Gasteiger partial charge in [-0.05, 0) is 37.5 Å². The largest absolute Gasteiger partial charge is 0.257 e. The van der Waals surface area contributed by atoms with E-state index in [4.69, 9.17) is 5.10 Å². The molecule has 21 heavy (non-hydrogen) atoms. The van der Waals surface area contributed by atoms with Crippen molar-refractivity contribution in [3.05, 3.63) is 77.0 Å². The summed E-state index contributed by atoms with van der Waals surface area (Å²) >= 11 is 0. The molecular weight excluding hydrogens is 256 g/mol. The third-order valence-electron chi connectivity index (χ3n) is 4.30. The van der Waals surface area contributed by atoms with Gasteiger partial charge in [-0.3, -0.25) is 4.68 Å². The highest BCUT2D eigenvalue weighted by Crippen LogP contribution is 2.40. The lowest BCUT2D eigenvalue weighted by molar-refractivity contribution is 0.543. The molecule has 2 nitrogen and oxygen atoms in total. The predicted molar refractivity (Wildman–Crippen MR) is 85.4 cm³/mol. The fourth-order valence-electron chi connectivity index (χ4n) is 3.25. The van der Waals surface area contributed by atoms with Crippen LogP contribution in [0.1, 0.15) is 28.4 Å². The molecular formula is C19H18N2. The fourth-order valence-corrected chi connectivity index (χ4v) is 3.25. The van der Waals surface area contributed by atoms with Crippen LogP contribution in [-0.2, 0) is 6.42 Å². The molecule has 1 aromatic heterocycles. The first-order valence-electron chi connectivity index (χ1n) is 7.43. The van der Waals surface area contributed by atoms with Crippen LogP contribution in [0.15, 0.2) is 54.6 Å². The average Bonchev–Trinajstić information content (AvgIpc) is 2.99. The van der Waals surface area contributed by atoms with Gasteiger partial charge in [0.2, 0.25) is 0 Å². The van der Waals surface area contributed by atoms with Gasteiger partial charge in [0.15, 0.2) is 0 Å². The van der Waals surface area contributed by atoms with E-state index in [2.05, 4.69) is 73.1 Å². The third kappa shape index (κ3) is 1.99. The molecule has 0 saturated heterocycles. The summed E-state index contributed by atoms with van der Waals surface area (Å²) in [6, 6.07) is 20.0. The van der Waals surface area contributed by atoms with Crippen LogP contribution >= 0.6 is 0 Å². The lowest BCUT2D eigenvalue weighted by Crippen LogP contribution is -2.11. The molecule has 0 bridgehead atoms. The second-order valence-corrected chi connectivity index (χ2v) is 5.91. The van der Waals surface area contributed by atoms with Crippen LogP contribution in [0.5, 0.6) is 0 Å². The summed E-state index contributed by atoms with van der Waals surface area (Å²) in [5.41, 5.74) is 7.73. The maximum Gasteiger partial charge on any atom is 0.0822 e. The molecule has 2 heterocycles. The van der Waals surface area contributed by atoms with Crippen LogP contribution in [0.25, 0.3) is 11.3 Å². The monoisotopic (exact) mass is 274 g/mol. The molecule has 1 atom stereocenters. The van der Waals surface area contributed by atoms with Crippen molar-refractivity contribution in [3.8, 4) is 11.3 Å². The fraction of sp³-hybridized carbons (Fsp3) is 0.211. The molecule has 3 aromatic rings. The van der Waals surface area contributed by atoms with Gasteiger partial charge in [-0.25, -0.2) is 0 Å². The van der Waals surface area contributed by atoms with E-state index in [0.29, 0.717) is 6.04 Å². The smallest absolute Gasteiger partial charge is 0.0822 e. The van der Waals surface area contributed by atoms with E-state index in [1.165, 1.54) is 27.9 Å². The Morgan fingerprint density at radius 3 is 2.57 bits per heavy atom. The van der Waals surface area contributed by atoms with Gasteiger partial charge in [-0.15, -0.1) is 0 Å². The van der Waals surface area contributed by atoms with Gasteiger partial charge in [0.25, 0.3) is 0 Å². The molecule has 0 N–H and O–H groups in total. The minimum atomic E-state index is 0.313. The van der Waals surface area contributed by atoms with Gasteiger partial charge < -0.3 is 0 Å². The van der Waals surface area contributed by atoms with Gasteiger partial charge in [0, 0.05) is 5.56 Å². The Bertz CT molecular complexity index is 797. The van der Waals surface area contributed by atoms with Crippen LogP contribution < -0.4 is 0 Å². The van der Waals surface area contributed by atoms with Gasteiger partial charge in [-0.1, -0.05) is 54.1 Å². The Labute approximate surface area is 125 Å². The molecule has 1 aliphatic rings. The van der Waals surface area contributed by atoms with Gasteiger partial charge in [0.05, 0.1) is 17.4 Å². The van der Waals surface area contributed by atoms with Crippen LogP contribution in [0.3, 0.4) is 0 Å². The van der Waals surface area contributed by atoms with Crippen molar-refractivity contribution in [1.82, 2.24) is 9.78 Å². The number of benzene rings is 2. The highest BCUT2D eigenvalue weighted by atomic mass is 15.3. The maximum absolute atomic E-state index is 4.72. The maximum atomic E-state index is 4.72. The molecule has 104 valence electrons. The summed E-state index contributed by atoms with van der Waals surface area (Å²) < 4.78 is 2.19. The lowest BCUT2D eigenvalue weighted by atomic mass is 9.97. The highest BCUT2D eigenvalue weighted by molar-refractivity contribution is 5.69. The first kappa shape index (κ1) is 12.4. The molecule has 0 spiro atoms. The van der Waals surface area contributed by atoms with E-state index >= 15 is 0 Å². The van der Waals surface area contributed by atoms with Crippen molar-refractivity contribution in [2.24, 2.45) is 0 Å². The minimum absolute atomic E-state index is 0.313. The number of hydrogen-bond acceptors (Lipinski definition) is 1. The van der Waals surface area contributed by atoms with Crippen LogP contribution in [0.2, 0.25) is 0 Å². The average molecular weight is 274 g/mol. The van der Waals surface area contributed by atoms with Crippen molar-refractivity contribution < 1.29 is 0 Å². The van der Waals surface area contributed by atoms with E-state index in [-0.39, 0.29) is 0 Å². The van der Waals surface area contributed by atoms with Crippen molar-refractivity contribution in [1.29, 1.82) is 0 Å². The first-order valence-corrected chi connectivity index (χ1v) is 7.43. The van der Waals surface area contributed by atoms with E-state index < -0.39 is 0 Å². The molecule has 0 fully saturated rings. The van der Waals surface area contributed by atoms with Gasteiger partial charge in [-0.2, -0.15) is 5.10 Å². The molecule has 0 amide bonds. The van der Waals surface area contributed by atoms with Crippen molar-refractivity contribution in [2.75, 3.05) is 0 Å². The van der Waals surface area contributed by atoms with Gasteiger partial charge >= 0.3 is 0 Å². The quantitative estimate of drug-likeness (QED) is 0.680. The number of aromatic nitrogens is 2. The second kappa shape index (κ2) is 4.59. The Kier molecular flexibility index (Phi) is 2.71. The Balaban J connectivity index is 1.79. The first-order chi connectivity index (χ1) is 10.2. The zero-order valence-corrected chi connectivity index (χ0v) is 12.4. The van der Waals surface area contributed by atoms with E-state index in [0.717, 1.165) is 12.1 Å². The molecule has 4 rings (SSSR count). The number of hydrogen-bond donors (Lipinski definition) is 0. The topological polar surface area (TPSA) is 17.8 Å². The highest BCUT2D eigenvalue weighted by Gasteiger charge is 2.29. The molecule has 1 unspecified atom stereocenters. The number of rotatable bonds is 2. The molecule has 0 aliphatic carbocycles. The second-order valence-electron chi connectivity index (χ2n) is 5.91. The molecule has 1 aliphatic heterocycles. The van der Waals surface area contributed by atoms with Crippen molar-refractivity contribution in [2.45, 2.75) is 26.3 Å². The summed E-state index contributed by atoms with van der Waals surface area (Å²) in [5, 5.41) is 4.72. The minimum Gasteiger partial charge on any atom is -0.257 e. The number of nitrogens with zero attached hydrogens (tertiary/aromatic N) is 2. The Morgan fingerprint density at radius 2 is 1.76 bits per heavy atom. The zero-order valence-electron chi connectivity index (χ0n) is 12.4. The zero-order chi connectivity index (χ0) is 14.4. The summed E-state index contributed by atoms with van der Waals surface area (Å²) in [5.74, 6) is 0.